The Morgan fingerprint density at radius 1 is 1.20 bits per heavy atom. The fourth-order valence-corrected chi connectivity index (χ4v) is 3.24. The average molecular weight is 367 g/mol. The van der Waals surface area contributed by atoms with Crippen LogP contribution in [-0.2, 0) is 4.79 Å². The van der Waals surface area contributed by atoms with Crippen LogP contribution < -0.4 is 5.32 Å². The predicted molar refractivity (Wildman–Crippen MR) is 104 cm³/mol. The van der Waals surface area contributed by atoms with Crippen LogP contribution in [0.2, 0.25) is 5.02 Å². The first-order chi connectivity index (χ1) is 12.0. The van der Waals surface area contributed by atoms with E-state index in [1.807, 2.05) is 25.1 Å². The summed E-state index contributed by atoms with van der Waals surface area (Å²) in [6.45, 7) is 5.96. The Labute approximate surface area is 156 Å². The molecular weight excluding hydrogens is 336 g/mol. The molecule has 0 aromatic heterocycles. The van der Waals surface area contributed by atoms with Crippen molar-refractivity contribution in [3.05, 3.63) is 34.3 Å². The van der Waals surface area contributed by atoms with Gasteiger partial charge in [0.25, 0.3) is 5.91 Å². The molecule has 5 heteroatoms. The van der Waals surface area contributed by atoms with Gasteiger partial charge in [0, 0.05) is 16.6 Å². The highest BCUT2D eigenvalue weighted by Crippen LogP contribution is 2.21. The van der Waals surface area contributed by atoms with Crippen LogP contribution in [0.3, 0.4) is 0 Å². The number of amides is 1. The first-order valence-electron chi connectivity index (χ1n) is 9.14. The molecule has 1 aliphatic carbocycles. The summed E-state index contributed by atoms with van der Waals surface area (Å²) in [6, 6.07) is 5.80. The zero-order valence-corrected chi connectivity index (χ0v) is 16.4. The zero-order chi connectivity index (χ0) is 18.7. The molecule has 1 amide bonds. The topological polar surface area (TPSA) is 49.4 Å². The number of halogens is 1. The van der Waals surface area contributed by atoms with Crippen LogP contribution in [-0.4, -0.2) is 43.3 Å². The molecule has 0 atom stereocenters. The van der Waals surface area contributed by atoms with Crippen molar-refractivity contribution in [1.29, 1.82) is 0 Å². The molecule has 1 saturated heterocycles. The Balaban J connectivity index is 0.000000287. The molecule has 1 saturated carbocycles. The molecular formula is C20H31ClN2O2. The molecule has 1 aromatic rings. The van der Waals surface area contributed by atoms with Crippen molar-refractivity contribution in [2.45, 2.75) is 58.4 Å². The van der Waals surface area contributed by atoms with Crippen molar-refractivity contribution >= 4 is 23.8 Å². The highest BCUT2D eigenvalue weighted by Gasteiger charge is 2.19. The molecule has 0 bridgehead atoms. The number of benzene rings is 1. The van der Waals surface area contributed by atoms with E-state index >= 15 is 0 Å². The number of rotatable bonds is 2. The van der Waals surface area contributed by atoms with E-state index in [4.69, 9.17) is 16.4 Å². The van der Waals surface area contributed by atoms with E-state index in [1.54, 1.807) is 0 Å². The number of nitrogens with zero attached hydrogens (tertiary/aromatic N) is 1. The second kappa shape index (κ2) is 12.0. The Bertz CT molecular complexity index is 536. The number of carbonyl (C=O) groups is 2. The molecule has 1 N–H and O–H groups in total. The first-order valence-corrected chi connectivity index (χ1v) is 9.51. The summed E-state index contributed by atoms with van der Waals surface area (Å²) in [4.78, 5) is 23.2. The molecule has 4 nitrogen and oxygen atoms in total. The van der Waals surface area contributed by atoms with Crippen LogP contribution in [0, 0.1) is 6.92 Å². The van der Waals surface area contributed by atoms with E-state index in [0.717, 1.165) is 24.7 Å². The lowest BCUT2D eigenvalue weighted by Crippen LogP contribution is -2.33. The summed E-state index contributed by atoms with van der Waals surface area (Å²) in [7, 11) is 2.17. The molecule has 2 aliphatic rings. The van der Waals surface area contributed by atoms with Crippen LogP contribution in [0.15, 0.2) is 18.2 Å². The number of aldehydes is 1. The summed E-state index contributed by atoms with van der Waals surface area (Å²) in [5, 5.41) is 3.72. The van der Waals surface area contributed by atoms with Crippen molar-refractivity contribution in [2.75, 3.05) is 20.1 Å². The van der Waals surface area contributed by atoms with Crippen LogP contribution in [0.4, 0.5) is 0 Å². The zero-order valence-electron chi connectivity index (χ0n) is 15.7. The third-order valence-electron chi connectivity index (χ3n) is 4.53. The molecule has 2 fully saturated rings. The SMILES string of the molecule is CC=O.CN1CCCC1.Cc1c(Cl)cccc1C(=O)NC1CCCC1. The number of likely N-dealkylation sites (tertiary alicyclic amines) is 1. The number of nitrogens with one attached hydrogen (secondary N) is 1. The lowest BCUT2D eigenvalue weighted by atomic mass is 10.1. The fraction of sp³-hybridized carbons (Fsp3) is 0.600. The Hall–Kier alpha value is -1.39. The maximum Gasteiger partial charge on any atom is 0.251 e. The lowest BCUT2D eigenvalue weighted by molar-refractivity contribution is -0.106. The Kier molecular flexibility index (Phi) is 10.4. The summed E-state index contributed by atoms with van der Waals surface area (Å²) < 4.78 is 0. The van der Waals surface area contributed by atoms with Gasteiger partial charge in [-0.3, -0.25) is 4.79 Å². The van der Waals surface area contributed by atoms with E-state index in [0.29, 0.717) is 16.6 Å². The maximum atomic E-state index is 12.0. The quantitative estimate of drug-likeness (QED) is 0.796. The monoisotopic (exact) mass is 366 g/mol. The second-order valence-electron chi connectivity index (χ2n) is 6.61. The van der Waals surface area contributed by atoms with Gasteiger partial charge in [0.2, 0.25) is 0 Å². The number of carbonyl (C=O) groups excluding carboxylic acids is 2. The molecule has 3 rings (SSSR count). The molecule has 1 aliphatic heterocycles. The molecule has 0 unspecified atom stereocenters. The highest BCUT2D eigenvalue weighted by atomic mass is 35.5. The molecule has 1 aromatic carbocycles. The van der Waals surface area contributed by atoms with Gasteiger partial charge in [-0.15, -0.1) is 0 Å². The smallest absolute Gasteiger partial charge is 0.251 e. The van der Waals surface area contributed by atoms with Crippen molar-refractivity contribution in [1.82, 2.24) is 10.2 Å². The first kappa shape index (κ1) is 21.7. The normalized spacial score (nSPS) is 17.1. The molecule has 25 heavy (non-hydrogen) atoms. The van der Waals surface area contributed by atoms with E-state index in [2.05, 4.69) is 17.3 Å². The van der Waals surface area contributed by atoms with Gasteiger partial charge in [0.15, 0.2) is 0 Å². The van der Waals surface area contributed by atoms with Gasteiger partial charge < -0.3 is 15.0 Å². The van der Waals surface area contributed by atoms with Gasteiger partial charge in [-0.2, -0.15) is 0 Å². The second-order valence-corrected chi connectivity index (χ2v) is 7.02. The van der Waals surface area contributed by atoms with Gasteiger partial charge in [-0.1, -0.05) is 30.5 Å². The fourth-order valence-electron chi connectivity index (χ4n) is 3.06. The van der Waals surface area contributed by atoms with Crippen molar-refractivity contribution in [3.8, 4) is 0 Å². The Morgan fingerprint density at radius 3 is 2.24 bits per heavy atom. The van der Waals surface area contributed by atoms with E-state index in [-0.39, 0.29) is 5.91 Å². The van der Waals surface area contributed by atoms with Gasteiger partial charge in [-0.05, 0) is 77.4 Å². The lowest BCUT2D eigenvalue weighted by Gasteiger charge is -2.13. The van der Waals surface area contributed by atoms with Gasteiger partial charge in [0.1, 0.15) is 6.29 Å². The largest absolute Gasteiger partial charge is 0.349 e. The third kappa shape index (κ3) is 8.02. The minimum atomic E-state index is 0.00639. The van der Waals surface area contributed by atoms with Gasteiger partial charge >= 0.3 is 0 Å². The van der Waals surface area contributed by atoms with Gasteiger partial charge in [0.05, 0.1) is 0 Å². The van der Waals surface area contributed by atoms with Crippen LogP contribution in [0.1, 0.15) is 61.4 Å². The third-order valence-corrected chi connectivity index (χ3v) is 4.94. The van der Waals surface area contributed by atoms with Crippen LogP contribution in [0.25, 0.3) is 0 Å². The summed E-state index contributed by atoms with van der Waals surface area (Å²) >= 11 is 5.99. The van der Waals surface area contributed by atoms with Crippen molar-refractivity contribution < 1.29 is 9.59 Å². The maximum absolute atomic E-state index is 12.0. The minimum absolute atomic E-state index is 0.00639. The van der Waals surface area contributed by atoms with E-state index in [9.17, 15) is 4.79 Å². The Morgan fingerprint density at radius 2 is 1.76 bits per heavy atom. The molecule has 0 spiro atoms. The van der Waals surface area contributed by atoms with Crippen LogP contribution in [0.5, 0.6) is 0 Å². The number of hydrogen-bond acceptors (Lipinski definition) is 3. The molecule has 1 heterocycles. The highest BCUT2D eigenvalue weighted by molar-refractivity contribution is 6.31. The van der Waals surface area contributed by atoms with Crippen LogP contribution >= 0.6 is 11.6 Å². The average Bonchev–Trinajstić information content (AvgIpc) is 3.25. The summed E-state index contributed by atoms with van der Waals surface area (Å²) in [6.07, 6.45) is 8.22. The summed E-state index contributed by atoms with van der Waals surface area (Å²) in [5.41, 5.74) is 1.55. The van der Waals surface area contributed by atoms with Crippen molar-refractivity contribution in [3.63, 3.8) is 0 Å². The van der Waals surface area contributed by atoms with E-state index < -0.39 is 0 Å². The van der Waals surface area contributed by atoms with Gasteiger partial charge in [-0.25, -0.2) is 0 Å². The standard InChI is InChI=1S/C13H16ClNO.C5H11N.C2H4O/c1-9-11(7-4-8-12(9)14)13(16)15-10-5-2-3-6-10;1-6-4-2-3-5-6;1-2-3/h4,7-8,10H,2-3,5-6H2,1H3,(H,15,16);2-5H2,1H3;2H,1H3. The minimum Gasteiger partial charge on any atom is -0.349 e. The predicted octanol–water partition coefficient (Wildman–Crippen LogP) is 4.24. The van der Waals surface area contributed by atoms with Crippen molar-refractivity contribution in [2.24, 2.45) is 0 Å². The molecule has 140 valence electrons. The van der Waals surface area contributed by atoms with E-state index in [1.165, 1.54) is 45.7 Å². The molecule has 0 radical (unpaired) electrons. The number of hydrogen-bond donors (Lipinski definition) is 1. The summed E-state index contributed by atoms with van der Waals surface area (Å²) in [5.74, 6) is 0.00639.